The molecule has 0 bridgehead atoms. The minimum Gasteiger partial charge on any atom is -0.315 e. The van der Waals surface area contributed by atoms with E-state index in [4.69, 9.17) is 16.6 Å². The highest BCUT2D eigenvalue weighted by atomic mass is 35.5. The van der Waals surface area contributed by atoms with Crippen LogP contribution in [0.3, 0.4) is 0 Å². The fraction of sp³-hybridized carbons (Fsp3) is 0.318. The average molecular weight is 413 g/mol. The summed E-state index contributed by atoms with van der Waals surface area (Å²) in [5.74, 6) is 0.536. The van der Waals surface area contributed by atoms with Crippen LogP contribution in [-0.4, -0.2) is 27.0 Å². The number of rotatable bonds is 5. The lowest BCUT2D eigenvalue weighted by molar-refractivity contribution is 0.192. The van der Waals surface area contributed by atoms with Gasteiger partial charge in [0.25, 0.3) is 5.56 Å². The number of nitrogens with one attached hydrogen (secondary N) is 1. The van der Waals surface area contributed by atoms with Gasteiger partial charge in [0.05, 0.1) is 16.9 Å². The van der Waals surface area contributed by atoms with Crippen LogP contribution in [0.5, 0.6) is 0 Å². The van der Waals surface area contributed by atoms with Crippen LogP contribution in [0.25, 0.3) is 10.9 Å². The number of benzene rings is 2. The number of carbonyl (C=O) groups is 1. The van der Waals surface area contributed by atoms with E-state index < -0.39 is 6.04 Å². The molecule has 7 heteroatoms. The molecule has 2 amide bonds. The Labute approximate surface area is 175 Å². The van der Waals surface area contributed by atoms with Gasteiger partial charge in [-0.15, -0.1) is 0 Å². The first-order valence-corrected chi connectivity index (χ1v) is 10.1. The lowest BCUT2D eigenvalue weighted by atomic mass is 10.2. The molecule has 1 aromatic heterocycles. The summed E-state index contributed by atoms with van der Waals surface area (Å²) in [5, 5.41) is 3.99. The van der Waals surface area contributed by atoms with Crippen molar-refractivity contribution in [2.24, 2.45) is 0 Å². The molecule has 1 unspecified atom stereocenters. The second kappa shape index (κ2) is 8.66. The standard InChI is InChI=1S/C22H25ClN4O2/c1-5-26(22(29)25-18-10-8-7-9-14(18)3)15(4)20-24-19-13-16(23)11-12-17(19)21(28)27(20)6-2/h7-13,15H,5-6H2,1-4H3,(H,25,29). The monoisotopic (exact) mass is 412 g/mol. The van der Waals surface area contributed by atoms with Gasteiger partial charge in [-0.25, -0.2) is 9.78 Å². The number of carbonyl (C=O) groups excluding carboxylic acids is 1. The highest BCUT2D eigenvalue weighted by Gasteiger charge is 2.25. The first-order chi connectivity index (χ1) is 13.9. The van der Waals surface area contributed by atoms with Crippen LogP contribution < -0.4 is 10.9 Å². The Morgan fingerprint density at radius 3 is 2.62 bits per heavy atom. The molecule has 3 rings (SSSR count). The number of halogens is 1. The van der Waals surface area contributed by atoms with Crippen LogP contribution in [0, 0.1) is 6.92 Å². The maximum Gasteiger partial charge on any atom is 0.322 e. The minimum atomic E-state index is -0.403. The summed E-state index contributed by atoms with van der Waals surface area (Å²) in [6.07, 6.45) is 0. The Hall–Kier alpha value is -2.86. The highest BCUT2D eigenvalue weighted by molar-refractivity contribution is 6.31. The molecule has 1 N–H and O–H groups in total. The van der Waals surface area contributed by atoms with E-state index in [2.05, 4.69) is 5.32 Å². The van der Waals surface area contributed by atoms with Crippen molar-refractivity contribution in [1.29, 1.82) is 0 Å². The van der Waals surface area contributed by atoms with Gasteiger partial charge in [-0.1, -0.05) is 29.8 Å². The average Bonchev–Trinajstić information content (AvgIpc) is 2.69. The molecule has 0 radical (unpaired) electrons. The Morgan fingerprint density at radius 1 is 1.24 bits per heavy atom. The van der Waals surface area contributed by atoms with Crippen molar-refractivity contribution in [2.75, 3.05) is 11.9 Å². The maximum absolute atomic E-state index is 13.0. The summed E-state index contributed by atoms with van der Waals surface area (Å²) >= 11 is 6.10. The Kier molecular flexibility index (Phi) is 6.23. The molecule has 0 spiro atoms. The van der Waals surface area contributed by atoms with Gasteiger partial charge in [-0.05, 0) is 57.5 Å². The highest BCUT2D eigenvalue weighted by Crippen LogP contribution is 2.23. The lowest BCUT2D eigenvalue weighted by Crippen LogP contribution is -2.40. The van der Waals surface area contributed by atoms with E-state index >= 15 is 0 Å². The van der Waals surface area contributed by atoms with Crippen molar-refractivity contribution in [1.82, 2.24) is 14.5 Å². The minimum absolute atomic E-state index is 0.133. The van der Waals surface area contributed by atoms with Gasteiger partial charge in [-0.3, -0.25) is 9.36 Å². The Bertz CT molecular complexity index is 1110. The zero-order valence-corrected chi connectivity index (χ0v) is 17.8. The van der Waals surface area contributed by atoms with E-state index in [9.17, 15) is 9.59 Å². The molecule has 2 aromatic carbocycles. The predicted octanol–water partition coefficient (Wildman–Crippen LogP) is 4.99. The molecule has 3 aromatic rings. The van der Waals surface area contributed by atoms with E-state index in [0.717, 1.165) is 11.3 Å². The number of aryl methyl sites for hydroxylation is 1. The first kappa shape index (κ1) is 20.9. The largest absolute Gasteiger partial charge is 0.322 e. The third kappa shape index (κ3) is 4.12. The third-order valence-corrected chi connectivity index (χ3v) is 5.33. The summed E-state index contributed by atoms with van der Waals surface area (Å²) < 4.78 is 1.62. The van der Waals surface area contributed by atoms with Gasteiger partial charge in [0.2, 0.25) is 0 Å². The summed E-state index contributed by atoms with van der Waals surface area (Å²) in [7, 11) is 0. The maximum atomic E-state index is 13.0. The molecular weight excluding hydrogens is 388 g/mol. The quantitative estimate of drug-likeness (QED) is 0.641. The molecule has 1 heterocycles. The van der Waals surface area contributed by atoms with Gasteiger partial charge >= 0.3 is 6.03 Å². The summed E-state index contributed by atoms with van der Waals surface area (Å²) in [6.45, 7) is 8.54. The fourth-order valence-electron chi connectivity index (χ4n) is 3.47. The van der Waals surface area contributed by atoms with E-state index in [-0.39, 0.29) is 11.6 Å². The van der Waals surface area contributed by atoms with Crippen molar-refractivity contribution in [3.8, 4) is 0 Å². The second-order valence-electron chi connectivity index (χ2n) is 6.89. The number of anilines is 1. The lowest BCUT2D eigenvalue weighted by Gasteiger charge is -2.29. The smallest absolute Gasteiger partial charge is 0.315 e. The zero-order chi connectivity index (χ0) is 21.1. The number of para-hydroxylation sites is 1. The number of hydrogen-bond acceptors (Lipinski definition) is 3. The molecular formula is C22H25ClN4O2. The molecule has 0 saturated heterocycles. The van der Waals surface area contributed by atoms with Crippen molar-refractivity contribution in [3.63, 3.8) is 0 Å². The Balaban J connectivity index is 2.01. The van der Waals surface area contributed by atoms with Crippen molar-refractivity contribution < 1.29 is 4.79 Å². The van der Waals surface area contributed by atoms with E-state index in [1.165, 1.54) is 0 Å². The number of urea groups is 1. The van der Waals surface area contributed by atoms with E-state index in [1.54, 1.807) is 27.7 Å². The van der Waals surface area contributed by atoms with Crippen molar-refractivity contribution in [3.05, 3.63) is 69.2 Å². The molecule has 29 heavy (non-hydrogen) atoms. The van der Waals surface area contributed by atoms with E-state index in [0.29, 0.717) is 34.8 Å². The van der Waals surface area contributed by atoms with Gasteiger partial charge in [0.15, 0.2) is 0 Å². The molecule has 6 nitrogen and oxygen atoms in total. The number of amides is 2. The SMILES string of the molecule is CCN(C(=O)Nc1ccccc1C)C(C)c1nc2cc(Cl)ccc2c(=O)n1CC. The zero-order valence-electron chi connectivity index (χ0n) is 17.1. The Morgan fingerprint density at radius 2 is 1.97 bits per heavy atom. The normalized spacial score (nSPS) is 12.0. The first-order valence-electron chi connectivity index (χ1n) is 9.70. The van der Waals surface area contributed by atoms with Crippen LogP contribution >= 0.6 is 11.6 Å². The number of nitrogens with zero attached hydrogens (tertiary/aromatic N) is 3. The van der Waals surface area contributed by atoms with Crippen LogP contribution in [-0.2, 0) is 6.54 Å². The second-order valence-corrected chi connectivity index (χ2v) is 7.32. The molecule has 152 valence electrons. The number of fused-ring (bicyclic) bond motifs is 1. The van der Waals surface area contributed by atoms with Crippen LogP contribution in [0.4, 0.5) is 10.5 Å². The number of hydrogen-bond donors (Lipinski definition) is 1. The van der Waals surface area contributed by atoms with Crippen molar-refractivity contribution in [2.45, 2.75) is 40.3 Å². The van der Waals surface area contributed by atoms with Gasteiger partial charge in [0, 0.05) is 23.8 Å². The third-order valence-electron chi connectivity index (χ3n) is 5.09. The summed E-state index contributed by atoms with van der Waals surface area (Å²) in [4.78, 5) is 32.3. The molecule has 1 atom stereocenters. The summed E-state index contributed by atoms with van der Waals surface area (Å²) in [6, 6.07) is 12.0. The van der Waals surface area contributed by atoms with Crippen LogP contribution in [0.1, 0.15) is 38.2 Å². The summed E-state index contributed by atoms with van der Waals surface area (Å²) in [5.41, 5.74) is 2.14. The molecule has 0 fully saturated rings. The van der Waals surface area contributed by atoms with E-state index in [1.807, 2.05) is 52.0 Å². The molecule has 0 aliphatic carbocycles. The molecule has 0 saturated carbocycles. The molecule has 0 aliphatic heterocycles. The van der Waals surface area contributed by atoms with Crippen LogP contribution in [0.15, 0.2) is 47.3 Å². The van der Waals surface area contributed by atoms with Crippen molar-refractivity contribution >= 4 is 34.2 Å². The number of aromatic nitrogens is 2. The fourth-order valence-corrected chi connectivity index (χ4v) is 3.64. The van der Waals surface area contributed by atoms with Gasteiger partial charge in [-0.2, -0.15) is 0 Å². The van der Waals surface area contributed by atoms with Crippen LogP contribution in [0.2, 0.25) is 5.02 Å². The molecule has 0 aliphatic rings. The van der Waals surface area contributed by atoms with Gasteiger partial charge < -0.3 is 10.2 Å². The predicted molar refractivity (Wildman–Crippen MR) is 118 cm³/mol. The topological polar surface area (TPSA) is 67.2 Å². The van der Waals surface area contributed by atoms with Gasteiger partial charge in [0.1, 0.15) is 5.82 Å².